The van der Waals surface area contributed by atoms with Gasteiger partial charge < -0.3 is 10.0 Å². The number of hydrogen-bond acceptors (Lipinski definition) is 5. The molecule has 5 nitrogen and oxygen atoms in total. The highest BCUT2D eigenvalue weighted by atomic mass is 32.1. The summed E-state index contributed by atoms with van der Waals surface area (Å²) in [7, 11) is 0. The Bertz CT molecular complexity index is 706. The number of aromatic nitrogens is 2. The Morgan fingerprint density at radius 3 is 2.83 bits per heavy atom. The lowest BCUT2D eigenvalue weighted by Gasteiger charge is -2.24. The number of hydrogen-bond donors (Lipinski definition) is 1. The van der Waals surface area contributed by atoms with Crippen LogP contribution in [0.5, 0.6) is 0 Å². The van der Waals surface area contributed by atoms with Gasteiger partial charge in [-0.25, -0.2) is 0 Å². The van der Waals surface area contributed by atoms with Gasteiger partial charge in [-0.2, -0.15) is 21.9 Å². The predicted molar refractivity (Wildman–Crippen MR) is 75.8 cm³/mol. The zero-order valence-electron chi connectivity index (χ0n) is 11.7. The second kappa shape index (κ2) is 5.89. The van der Waals surface area contributed by atoms with Crippen molar-refractivity contribution in [1.82, 2.24) is 13.6 Å². The maximum atomic E-state index is 12.9. The molecule has 2 heterocycles. The number of aliphatic hydroxyl groups excluding tert-OH is 1. The van der Waals surface area contributed by atoms with Crippen LogP contribution in [0.1, 0.15) is 34.1 Å². The molecule has 3 rings (SSSR count). The lowest BCUT2D eigenvalue weighted by atomic mass is 10.0. The van der Waals surface area contributed by atoms with Crippen LogP contribution in [0.2, 0.25) is 0 Å². The number of β-amino-alcohol motifs (C(OH)–C–C–N with tert-alkyl or cyclic N) is 1. The maximum absolute atomic E-state index is 12.9. The lowest BCUT2D eigenvalue weighted by Crippen LogP contribution is -2.32. The van der Waals surface area contributed by atoms with E-state index < -0.39 is 29.8 Å². The van der Waals surface area contributed by atoms with Crippen molar-refractivity contribution in [3.63, 3.8) is 0 Å². The van der Waals surface area contributed by atoms with Crippen molar-refractivity contribution in [1.29, 1.82) is 0 Å². The standard InChI is InChI=1S/C14H12F3N3O2S/c15-14(16,17)9-3-1-2-8(4-9)12-5-10(21)7-20(12)13(22)11-6-18-23-19-11/h1-4,6,10,12,21H,5,7H2. The van der Waals surface area contributed by atoms with E-state index in [9.17, 15) is 23.1 Å². The van der Waals surface area contributed by atoms with Gasteiger partial charge in [-0.1, -0.05) is 12.1 Å². The number of alkyl halides is 3. The highest BCUT2D eigenvalue weighted by Gasteiger charge is 2.38. The molecule has 1 saturated heterocycles. The number of amides is 1. The highest BCUT2D eigenvalue weighted by molar-refractivity contribution is 6.99. The van der Waals surface area contributed by atoms with Crippen molar-refractivity contribution in [2.45, 2.75) is 24.7 Å². The van der Waals surface area contributed by atoms with Gasteiger partial charge in [-0.05, 0) is 24.1 Å². The Hall–Kier alpha value is -2.00. The third-order valence-electron chi connectivity index (χ3n) is 3.72. The molecule has 1 N–H and O–H groups in total. The van der Waals surface area contributed by atoms with E-state index in [0.29, 0.717) is 5.56 Å². The molecular weight excluding hydrogens is 331 g/mol. The van der Waals surface area contributed by atoms with E-state index in [1.807, 2.05) is 0 Å². The molecule has 1 aromatic heterocycles. The first kappa shape index (κ1) is 15.9. The number of rotatable bonds is 2. The van der Waals surface area contributed by atoms with Crippen LogP contribution in [-0.2, 0) is 6.18 Å². The van der Waals surface area contributed by atoms with Crippen molar-refractivity contribution < 1.29 is 23.1 Å². The van der Waals surface area contributed by atoms with Gasteiger partial charge in [0.1, 0.15) is 0 Å². The maximum Gasteiger partial charge on any atom is 0.416 e. The molecule has 1 aliphatic heterocycles. The van der Waals surface area contributed by atoms with E-state index in [1.165, 1.54) is 23.2 Å². The van der Waals surface area contributed by atoms with E-state index in [-0.39, 0.29) is 18.7 Å². The van der Waals surface area contributed by atoms with E-state index in [2.05, 4.69) is 8.75 Å². The number of benzene rings is 1. The predicted octanol–water partition coefficient (Wildman–Crippen LogP) is 2.51. The van der Waals surface area contributed by atoms with E-state index >= 15 is 0 Å². The monoisotopic (exact) mass is 343 g/mol. The molecule has 0 radical (unpaired) electrons. The first-order valence-corrected chi connectivity index (χ1v) is 7.53. The van der Waals surface area contributed by atoms with Crippen LogP contribution in [0, 0.1) is 0 Å². The summed E-state index contributed by atoms with van der Waals surface area (Å²) in [5, 5.41) is 9.86. The molecule has 23 heavy (non-hydrogen) atoms. The summed E-state index contributed by atoms with van der Waals surface area (Å²) in [4.78, 5) is 13.8. The van der Waals surface area contributed by atoms with Crippen LogP contribution in [0.15, 0.2) is 30.5 Å². The molecule has 1 aromatic carbocycles. The summed E-state index contributed by atoms with van der Waals surface area (Å²) in [5.74, 6) is -0.447. The first-order valence-electron chi connectivity index (χ1n) is 6.80. The Kier molecular flexibility index (Phi) is 4.07. The number of carbonyl (C=O) groups is 1. The van der Waals surface area contributed by atoms with Crippen molar-refractivity contribution in [3.05, 3.63) is 47.3 Å². The molecule has 1 fully saturated rings. The second-order valence-electron chi connectivity index (χ2n) is 5.28. The van der Waals surface area contributed by atoms with Gasteiger partial charge in [0, 0.05) is 6.54 Å². The molecule has 122 valence electrons. The van der Waals surface area contributed by atoms with Crippen LogP contribution < -0.4 is 0 Å². The molecular formula is C14H12F3N3O2S. The molecule has 0 spiro atoms. The molecule has 0 aliphatic carbocycles. The first-order chi connectivity index (χ1) is 10.9. The van der Waals surface area contributed by atoms with E-state index in [4.69, 9.17) is 0 Å². The average molecular weight is 343 g/mol. The van der Waals surface area contributed by atoms with Crippen LogP contribution in [0.4, 0.5) is 13.2 Å². The topological polar surface area (TPSA) is 66.3 Å². The molecule has 0 saturated carbocycles. The summed E-state index contributed by atoms with van der Waals surface area (Å²) in [6, 6.07) is 4.20. The van der Waals surface area contributed by atoms with Crippen molar-refractivity contribution in [2.75, 3.05) is 6.54 Å². The fraction of sp³-hybridized carbons (Fsp3) is 0.357. The summed E-state index contributed by atoms with van der Waals surface area (Å²) < 4.78 is 46.2. The van der Waals surface area contributed by atoms with Gasteiger partial charge in [0.25, 0.3) is 5.91 Å². The third kappa shape index (κ3) is 3.20. The minimum absolute atomic E-state index is 0.0528. The zero-order chi connectivity index (χ0) is 16.6. The lowest BCUT2D eigenvalue weighted by molar-refractivity contribution is -0.137. The Labute approximate surface area is 133 Å². The third-order valence-corrected chi connectivity index (χ3v) is 4.20. The van der Waals surface area contributed by atoms with Gasteiger partial charge in [-0.3, -0.25) is 4.79 Å². The smallest absolute Gasteiger partial charge is 0.391 e. The second-order valence-corrected chi connectivity index (χ2v) is 5.84. The molecule has 9 heteroatoms. The van der Waals surface area contributed by atoms with Gasteiger partial charge in [-0.15, -0.1) is 0 Å². The summed E-state index contributed by atoms with van der Waals surface area (Å²) in [6.07, 6.45) is -3.75. The minimum Gasteiger partial charge on any atom is -0.391 e. The van der Waals surface area contributed by atoms with Gasteiger partial charge in [0.05, 0.1) is 35.6 Å². The van der Waals surface area contributed by atoms with Gasteiger partial charge >= 0.3 is 6.18 Å². The number of nitrogens with zero attached hydrogens (tertiary/aromatic N) is 3. The molecule has 0 bridgehead atoms. The number of halogens is 3. The van der Waals surface area contributed by atoms with E-state index in [0.717, 1.165) is 23.9 Å². The average Bonchev–Trinajstić information content (AvgIpc) is 3.15. The van der Waals surface area contributed by atoms with Crippen molar-refractivity contribution >= 4 is 17.6 Å². The minimum atomic E-state index is -4.46. The van der Waals surface area contributed by atoms with Crippen LogP contribution in [0.25, 0.3) is 0 Å². The molecule has 1 aliphatic rings. The fourth-order valence-corrected chi connectivity index (χ4v) is 3.09. The summed E-state index contributed by atoms with van der Waals surface area (Å²) in [6.45, 7) is 0.0528. The quantitative estimate of drug-likeness (QED) is 0.910. The van der Waals surface area contributed by atoms with Gasteiger partial charge in [0.2, 0.25) is 0 Å². The number of carbonyl (C=O) groups excluding carboxylic acids is 1. The van der Waals surface area contributed by atoms with Crippen molar-refractivity contribution in [3.8, 4) is 0 Å². The SMILES string of the molecule is O=C(c1cnsn1)N1CC(O)CC1c1cccc(C(F)(F)F)c1. The highest BCUT2D eigenvalue weighted by Crippen LogP contribution is 2.36. The van der Waals surface area contributed by atoms with Crippen LogP contribution in [0.3, 0.4) is 0 Å². The molecule has 1 amide bonds. The summed E-state index contributed by atoms with van der Waals surface area (Å²) >= 11 is 0.872. The fourth-order valence-electron chi connectivity index (χ4n) is 2.68. The van der Waals surface area contributed by atoms with Crippen molar-refractivity contribution in [2.24, 2.45) is 0 Å². The van der Waals surface area contributed by atoms with Crippen LogP contribution in [-0.4, -0.2) is 37.3 Å². The molecule has 2 atom stereocenters. The summed E-state index contributed by atoms with van der Waals surface area (Å²) in [5.41, 5.74) is -0.312. The Morgan fingerprint density at radius 2 is 2.17 bits per heavy atom. The number of likely N-dealkylation sites (tertiary alicyclic amines) is 1. The molecule has 2 unspecified atom stereocenters. The molecule has 2 aromatic rings. The Morgan fingerprint density at radius 1 is 1.39 bits per heavy atom. The number of aliphatic hydroxyl groups is 1. The Balaban J connectivity index is 1.92. The van der Waals surface area contributed by atoms with E-state index in [1.54, 1.807) is 0 Å². The normalized spacial score (nSPS) is 21.7. The van der Waals surface area contributed by atoms with Gasteiger partial charge in [0.15, 0.2) is 5.69 Å². The van der Waals surface area contributed by atoms with Crippen LogP contribution >= 0.6 is 11.7 Å². The zero-order valence-corrected chi connectivity index (χ0v) is 12.5. The largest absolute Gasteiger partial charge is 0.416 e.